The topological polar surface area (TPSA) is 52.6 Å². The number of carbonyl (C=O) groups is 2. The van der Waals surface area contributed by atoms with Crippen molar-refractivity contribution in [3.05, 3.63) is 11.8 Å². The van der Waals surface area contributed by atoms with Crippen molar-refractivity contribution in [2.24, 2.45) is 11.8 Å². The van der Waals surface area contributed by atoms with Crippen LogP contribution in [-0.4, -0.2) is 25.0 Å². The Hall–Kier alpha value is -1.32. The highest BCUT2D eigenvalue weighted by Gasteiger charge is 2.39. The van der Waals surface area contributed by atoms with Crippen LogP contribution in [0.1, 0.15) is 13.3 Å². The molecule has 0 amide bonds. The molecule has 2 rings (SSSR count). The smallest absolute Gasteiger partial charge is 0.337 e. The number of carbonyl (C=O) groups excluding carboxylic acids is 2. The van der Waals surface area contributed by atoms with E-state index in [0.29, 0.717) is 18.6 Å². The van der Waals surface area contributed by atoms with E-state index < -0.39 is 0 Å². The molecule has 0 aromatic carbocycles. The van der Waals surface area contributed by atoms with Gasteiger partial charge >= 0.3 is 5.97 Å². The van der Waals surface area contributed by atoms with E-state index in [-0.39, 0.29) is 23.9 Å². The first kappa shape index (κ1) is 9.24. The minimum Gasteiger partial charge on any atom is -0.497 e. The molecule has 1 unspecified atom stereocenters. The van der Waals surface area contributed by atoms with Crippen molar-refractivity contribution in [3.8, 4) is 0 Å². The van der Waals surface area contributed by atoms with Crippen LogP contribution in [0.3, 0.4) is 0 Å². The molecule has 2 aliphatic heterocycles. The third kappa shape index (κ3) is 1.31. The Bertz CT molecular complexity index is 294. The molecule has 0 spiro atoms. The largest absolute Gasteiger partial charge is 0.497 e. The Labute approximate surface area is 81.9 Å². The number of rotatable bonds is 1. The normalized spacial score (nSPS) is 36.2. The molecule has 0 aromatic rings. The molecule has 14 heavy (non-hydrogen) atoms. The summed E-state index contributed by atoms with van der Waals surface area (Å²) < 4.78 is 10.1. The maximum Gasteiger partial charge on any atom is 0.337 e. The Balaban J connectivity index is 2.29. The molecule has 0 radical (unpaired) electrons. The lowest BCUT2D eigenvalue weighted by atomic mass is 9.79. The Morgan fingerprint density at radius 3 is 3.07 bits per heavy atom. The summed E-state index contributed by atoms with van der Waals surface area (Å²) in [6.45, 7) is 2.24. The second-order valence-electron chi connectivity index (χ2n) is 3.66. The molecule has 1 fully saturated rings. The standard InChI is InChI=1S/C10H12O4/c1-6-8(4-11)7-2-3-13-10(12)9(7)5-14-6/h4-8H,2-3H2,1H3/t6-,7?,8+/m0/s1. The average molecular weight is 196 g/mol. The molecule has 76 valence electrons. The summed E-state index contributed by atoms with van der Waals surface area (Å²) in [4.78, 5) is 22.2. The number of esters is 1. The van der Waals surface area contributed by atoms with E-state index in [9.17, 15) is 9.59 Å². The molecular formula is C10H12O4. The number of hydrogen-bond donors (Lipinski definition) is 0. The highest BCUT2D eigenvalue weighted by atomic mass is 16.5. The zero-order valence-corrected chi connectivity index (χ0v) is 7.93. The van der Waals surface area contributed by atoms with Crippen molar-refractivity contribution in [2.75, 3.05) is 6.61 Å². The van der Waals surface area contributed by atoms with Gasteiger partial charge in [0.05, 0.1) is 24.4 Å². The van der Waals surface area contributed by atoms with E-state index in [2.05, 4.69) is 0 Å². The molecule has 4 nitrogen and oxygen atoms in total. The first-order valence-corrected chi connectivity index (χ1v) is 4.72. The first-order chi connectivity index (χ1) is 6.74. The second kappa shape index (κ2) is 3.44. The van der Waals surface area contributed by atoms with Crippen LogP contribution < -0.4 is 0 Å². The van der Waals surface area contributed by atoms with Crippen LogP contribution in [0.15, 0.2) is 11.8 Å². The lowest BCUT2D eigenvalue weighted by Crippen LogP contribution is -2.39. The Kier molecular flexibility index (Phi) is 2.27. The van der Waals surface area contributed by atoms with Gasteiger partial charge in [-0.15, -0.1) is 0 Å². The fraction of sp³-hybridized carbons (Fsp3) is 0.600. The monoisotopic (exact) mass is 196 g/mol. The van der Waals surface area contributed by atoms with Crippen LogP contribution in [0, 0.1) is 11.8 Å². The summed E-state index contributed by atoms with van der Waals surface area (Å²) >= 11 is 0. The summed E-state index contributed by atoms with van der Waals surface area (Å²) in [7, 11) is 0. The van der Waals surface area contributed by atoms with Crippen molar-refractivity contribution in [3.63, 3.8) is 0 Å². The summed E-state index contributed by atoms with van der Waals surface area (Å²) in [5.41, 5.74) is 0.506. The summed E-state index contributed by atoms with van der Waals surface area (Å²) in [6, 6.07) is 0. The predicted octanol–water partition coefficient (Wildman–Crippen LogP) is 0.667. The molecule has 0 bridgehead atoms. The minimum absolute atomic E-state index is 0.0162. The van der Waals surface area contributed by atoms with Crippen LogP contribution >= 0.6 is 0 Å². The van der Waals surface area contributed by atoms with Gasteiger partial charge in [0.1, 0.15) is 12.4 Å². The molecule has 3 atom stereocenters. The van der Waals surface area contributed by atoms with Gasteiger partial charge in [-0.25, -0.2) is 4.79 Å². The van der Waals surface area contributed by atoms with E-state index in [0.717, 1.165) is 6.29 Å². The van der Waals surface area contributed by atoms with Gasteiger partial charge in [0.25, 0.3) is 0 Å². The van der Waals surface area contributed by atoms with E-state index in [1.807, 2.05) is 6.92 Å². The van der Waals surface area contributed by atoms with Crippen LogP contribution in [0.5, 0.6) is 0 Å². The van der Waals surface area contributed by atoms with Crippen molar-refractivity contribution in [2.45, 2.75) is 19.4 Å². The fourth-order valence-corrected chi connectivity index (χ4v) is 2.01. The van der Waals surface area contributed by atoms with Crippen molar-refractivity contribution in [1.82, 2.24) is 0 Å². The van der Waals surface area contributed by atoms with Gasteiger partial charge in [0.2, 0.25) is 0 Å². The molecule has 0 saturated carbocycles. The van der Waals surface area contributed by atoms with Crippen LogP contribution in [0.4, 0.5) is 0 Å². The second-order valence-corrected chi connectivity index (χ2v) is 3.66. The van der Waals surface area contributed by atoms with Gasteiger partial charge < -0.3 is 14.3 Å². The molecular weight excluding hydrogens is 184 g/mol. The van der Waals surface area contributed by atoms with Crippen molar-refractivity contribution in [1.29, 1.82) is 0 Å². The molecule has 4 heteroatoms. The Morgan fingerprint density at radius 1 is 1.57 bits per heavy atom. The van der Waals surface area contributed by atoms with E-state index in [1.165, 1.54) is 6.26 Å². The zero-order chi connectivity index (χ0) is 10.1. The SMILES string of the molecule is C[C@@H]1OC=C2C(=O)OCCC2[C@@H]1C=O. The zero-order valence-electron chi connectivity index (χ0n) is 7.93. The molecule has 0 N–H and O–H groups in total. The molecule has 0 aliphatic carbocycles. The quantitative estimate of drug-likeness (QED) is 0.457. The Morgan fingerprint density at radius 2 is 2.36 bits per heavy atom. The lowest BCUT2D eigenvalue weighted by molar-refractivity contribution is -0.145. The van der Waals surface area contributed by atoms with Gasteiger partial charge in [-0.2, -0.15) is 0 Å². The molecule has 0 aromatic heterocycles. The first-order valence-electron chi connectivity index (χ1n) is 4.72. The third-order valence-corrected chi connectivity index (χ3v) is 2.87. The number of hydrogen-bond acceptors (Lipinski definition) is 4. The summed E-state index contributed by atoms with van der Waals surface area (Å²) in [5, 5.41) is 0. The van der Waals surface area contributed by atoms with Crippen LogP contribution in [0.25, 0.3) is 0 Å². The molecule has 1 saturated heterocycles. The number of ether oxygens (including phenoxy) is 2. The van der Waals surface area contributed by atoms with Gasteiger partial charge in [0, 0.05) is 5.92 Å². The van der Waals surface area contributed by atoms with E-state index in [1.54, 1.807) is 0 Å². The average Bonchev–Trinajstić information content (AvgIpc) is 2.18. The number of cyclic esters (lactones) is 1. The highest BCUT2D eigenvalue weighted by molar-refractivity contribution is 5.90. The summed E-state index contributed by atoms with van der Waals surface area (Å²) in [6.07, 6.45) is 2.89. The number of fused-ring (bicyclic) bond motifs is 1. The lowest BCUT2D eigenvalue weighted by Gasteiger charge is -2.35. The summed E-state index contributed by atoms with van der Waals surface area (Å²) in [5.74, 6) is -0.583. The van der Waals surface area contributed by atoms with Gasteiger partial charge in [-0.05, 0) is 13.3 Å². The minimum atomic E-state index is -0.347. The van der Waals surface area contributed by atoms with Gasteiger partial charge in [-0.3, -0.25) is 0 Å². The van der Waals surface area contributed by atoms with Crippen molar-refractivity contribution < 1.29 is 19.1 Å². The van der Waals surface area contributed by atoms with Crippen LogP contribution in [0.2, 0.25) is 0 Å². The maximum absolute atomic E-state index is 11.3. The van der Waals surface area contributed by atoms with Crippen LogP contribution in [-0.2, 0) is 19.1 Å². The van der Waals surface area contributed by atoms with Gasteiger partial charge in [-0.1, -0.05) is 0 Å². The number of aldehydes is 1. The third-order valence-electron chi connectivity index (χ3n) is 2.87. The molecule has 2 heterocycles. The van der Waals surface area contributed by atoms with E-state index >= 15 is 0 Å². The highest BCUT2D eigenvalue weighted by Crippen LogP contribution is 2.34. The van der Waals surface area contributed by atoms with E-state index in [4.69, 9.17) is 9.47 Å². The van der Waals surface area contributed by atoms with Crippen molar-refractivity contribution >= 4 is 12.3 Å². The fourth-order valence-electron chi connectivity index (χ4n) is 2.01. The molecule has 2 aliphatic rings. The van der Waals surface area contributed by atoms with Gasteiger partial charge in [0.15, 0.2) is 0 Å². The maximum atomic E-state index is 11.3. The predicted molar refractivity (Wildman–Crippen MR) is 47.3 cm³/mol.